The predicted octanol–water partition coefficient (Wildman–Crippen LogP) is 4.05. The molecular formula is C15H17FN2. The van der Waals surface area contributed by atoms with E-state index < -0.39 is 0 Å². The van der Waals surface area contributed by atoms with Crippen molar-refractivity contribution in [3.8, 4) is 11.3 Å². The fourth-order valence-electron chi connectivity index (χ4n) is 1.92. The van der Waals surface area contributed by atoms with Crippen LogP contribution in [0.15, 0.2) is 36.5 Å². The van der Waals surface area contributed by atoms with E-state index in [-0.39, 0.29) is 5.82 Å². The van der Waals surface area contributed by atoms with E-state index >= 15 is 0 Å². The van der Waals surface area contributed by atoms with E-state index in [9.17, 15) is 4.39 Å². The molecule has 0 fully saturated rings. The molecule has 0 unspecified atom stereocenters. The molecule has 2 aromatic rings. The molecule has 0 atom stereocenters. The van der Waals surface area contributed by atoms with Crippen molar-refractivity contribution in [3.63, 3.8) is 0 Å². The topological polar surface area (TPSA) is 24.9 Å². The van der Waals surface area contributed by atoms with Gasteiger partial charge in [0.1, 0.15) is 5.82 Å². The predicted molar refractivity (Wildman–Crippen MR) is 73.3 cm³/mol. The lowest BCUT2D eigenvalue weighted by Gasteiger charge is -2.13. The largest absolute Gasteiger partial charge is 0.388 e. The van der Waals surface area contributed by atoms with E-state index in [0.29, 0.717) is 5.92 Å². The number of hydrogen-bond acceptors (Lipinski definition) is 2. The van der Waals surface area contributed by atoms with Crippen LogP contribution in [0, 0.1) is 5.82 Å². The highest BCUT2D eigenvalue weighted by Crippen LogP contribution is 2.27. The average molecular weight is 244 g/mol. The van der Waals surface area contributed by atoms with Gasteiger partial charge in [-0.15, -0.1) is 0 Å². The highest BCUT2D eigenvalue weighted by molar-refractivity contribution is 5.66. The molecule has 94 valence electrons. The number of aromatic nitrogens is 1. The summed E-state index contributed by atoms with van der Waals surface area (Å²) < 4.78 is 12.9. The van der Waals surface area contributed by atoms with E-state index in [4.69, 9.17) is 0 Å². The van der Waals surface area contributed by atoms with Crippen LogP contribution in [-0.2, 0) is 0 Å². The van der Waals surface area contributed by atoms with Gasteiger partial charge in [-0.2, -0.15) is 0 Å². The molecule has 1 aromatic heterocycles. The molecule has 18 heavy (non-hydrogen) atoms. The number of rotatable bonds is 3. The summed E-state index contributed by atoms with van der Waals surface area (Å²) in [7, 11) is 1.90. The summed E-state index contributed by atoms with van der Waals surface area (Å²) in [5, 5.41) is 3.18. The van der Waals surface area contributed by atoms with Crippen LogP contribution in [0.1, 0.15) is 25.3 Å². The van der Waals surface area contributed by atoms with Gasteiger partial charge in [-0.3, -0.25) is 4.98 Å². The second kappa shape index (κ2) is 5.17. The summed E-state index contributed by atoms with van der Waals surface area (Å²) in [6, 6.07) is 8.39. The van der Waals surface area contributed by atoms with Crippen LogP contribution in [0.2, 0.25) is 0 Å². The van der Waals surface area contributed by atoms with Crippen molar-refractivity contribution in [2.45, 2.75) is 19.8 Å². The Balaban J connectivity index is 2.44. The van der Waals surface area contributed by atoms with E-state index in [0.717, 1.165) is 16.9 Å². The van der Waals surface area contributed by atoms with Crippen LogP contribution in [0.25, 0.3) is 11.3 Å². The number of halogens is 1. The minimum atomic E-state index is -0.230. The third kappa shape index (κ3) is 2.50. The normalized spacial score (nSPS) is 10.7. The van der Waals surface area contributed by atoms with E-state index in [2.05, 4.69) is 24.1 Å². The maximum atomic E-state index is 12.9. The van der Waals surface area contributed by atoms with Crippen molar-refractivity contribution in [1.82, 2.24) is 4.98 Å². The van der Waals surface area contributed by atoms with Gasteiger partial charge in [-0.1, -0.05) is 13.8 Å². The van der Waals surface area contributed by atoms with Gasteiger partial charge < -0.3 is 5.32 Å². The fourth-order valence-corrected chi connectivity index (χ4v) is 1.92. The first-order valence-corrected chi connectivity index (χ1v) is 6.05. The van der Waals surface area contributed by atoms with Gasteiger partial charge in [-0.25, -0.2) is 4.39 Å². The van der Waals surface area contributed by atoms with Crippen LogP contribution < -0.4 is 5.32 Å². The monoisotopic (exact) mass is 244 g/mol. The summed E-state index contributed by atoms with van der Waals surface area (Å²) in [5.41, 5.74) is 4.02. The zero-order chi connectivity index (χ0) is 13.1. The summed E-state index contributed by atoms with van der Waals surface area (Å²) in [4.78, 5) is 4.45. The third-order valence-electron chi connectivity index (χ3n) is 2.97. The highest BCUT2D eigenvalue weighted by Gasteiger charge is 2.08. The number of nitrogens with zero attached hydrogens (tertiary/aromatic N) is 1. The van der Waals surface area contributed by atoms with Gasteiger partial charge in [0.2, 0.25) is 0 Å². The van der Waals surface area contributed by atoms with Crippen molar-refractivity contribution in [2.75, 3.05) is 12.4 Å². The lowest BCUT2D eigenvalue weighted by atomic mass is 10.0. The minimum absolute atomic E-state index is 0.230. The van der Waals surface area contributed by atoms with Gasteiger partial charge in [0, 0.05) is 24.5 Å². The Hall–Kier alpha value is -1.90. The number of nitrogens with one attached hydrogen (secondary N) is 1. The van der Waals surface area contributed by atoms with Crippen molar-refractivity contribution >= 4 is 5.69 Å². The molecule has 2 nitrogen and oxygen atoms in total. The quantitative estimate of drug-likeness (QED) is 0.881. The van der Waals surface area contributed by atoms with Gasteiger partial charge in [0.05, 0.1) is 5.69 Å². The van der Waals surface area contributed by atoms with Crippen LogP contribution in [-0.4, -0.2) is 12.0 Å². The van der Waals surface area contributed by atoms with Crippen molar-refractivity contribution in [2.24, 2.45) is 0 Å². The Kier molecular flexibility index (Phi) is 3.60. The van der Waals surface area contributed by atoms with Crippen molar-refractivity contribution in [3.05, 3.63) is 47.9 Å². The molecule has 0 saturated heterocycles. The van der Waals surface area contributed by atoms with Gasteiger partial charge >= 0.3 is 0 Å². The first-order valence-electron chi connectivity index (χ1n) is 6.05. The summed E-state index contributed by atoms with van der Waals surface area (Å²) in [5.74, 6) is 0.189. The zero-order valence-electron chi connectivity index (χ0n) is 10.9. The smallest absolute Gasteiger partial charge is 0.123 e. The summed E-state index contributed by atoms with van der Waals surface area (Å²) in [6.45, 7) is 4.27. The summed E-state index contributed by atoms with van der Waals surface area (Å²) in [6.07, 6.45) is 1.88. The standard InChI is InChI=1S/C15H17FN2/c1-10(2)13-9-18-14(8-15(13)17-3)11-4-6-12(16)7-5-11/h4-10H,1-3H3,(H,17,18). The maximum Gasteiger partial charge on any atom is 0.123 e. The maximum absolute atomic E-state index is 12.9. The molecule has 0 saturated carbocycles. The third-order valence-corrected chi connectivity index (χ3v) is 2.97. The van der Waals surface area contributed by atoms with Crippen LogP contribution in [0.5, 0.6) is 0 Å². The first kappa shape index (κ1) is 12.6. The molecule has 1 N–H and O–H groups in total. The molecule has 1 aromatic carbocycles. The van der Waals surface area contributed by atoms with Crippen molar-refractivity contribution in [1.29, 1.82) is 0 Å². The molecular weight excluding hydrogens is 227 g/mol. The minimum Gasteiger partial charge on any atom is -0.388 e. The Labute approximate surface area is 107 Å². The van der Waals surface area contributed by atoms with Crippen LogP contribution in [0.3, 0.4) is 0 Å². The molecule has 0 radical (unpaired) electrons. The Morgan fingerprint density at radius 3 is 2.39 bits per heavy atom. The Bertz CT molecular complexity index is 533. The number of hydrogen-bond donors (Lipinski definition) is 1. The average Bonchev–Trinajstić information content (AvgIpc) is 2.38. The number of benzene rings is 1. The van der Waals surface area contributed by atoms with Gasteiger partial charge in [0.25, 0.3) is 0 Å². The van der Waals surface area contributed by atoms with E-state index in [1.54, 1.807) is 12.1 Å². The van der Waals surface area contributed by atoms with Crippen LogP contribution in [0.4, 0.5) is 10.1 Å². The molecule has 1 heterocycles. The molecule has 0 aliphatic rings. The van der Waals surface area contributed by atoms with Gasteiger partial charge in [0.15, 0.2) is 0 Å². The lowest BCUT2D eigenvalue weighted by Crippen LogP contribution is -1.99. The fraction of sp³-hybridized carbons (Fsp3) is 0.267. The number of pyridine rings is 1. The Morgan fingerprint density at radius 1 is 1.17 bits per heavy atom. The molecule has 0 amide bonds. The second-order valence-electron chi connectivity index (χ2n) is 4.57. The SMILES string of the molecule is CNc1cc(-c2ccc(F)cc2)ncc1C(C)C. The first-order chi connectivity index (χ1) is 8.61. The molecule has 0 spiro atoms. The molecule has 0 bridgehead atoms. The molecule has 0 aliphatic carbocycles. The summed E-state index contributed by atoms with van der Waals surface area (Å²) >= 11 is 0. The second-order valence-corrected chi connectivity index (χ2v) is 4.57. The Morgan fingerprint density at radius 2 is 1.83 bits per heavy atom. The zero-order valence-corrected chi connectivity index (χ0v) is 10.9. The number of anilines is 1. The molecule has 2 rings (SSSR count). The molecule has 0 aliphatic heterocycles. The van der Waals surface area contributed by atoms with E-state index in [1.165, 1.54) is 17.7 Å². The van der Waals surface area contributed by atoms with Gasteiger partial charge in [-0.05, 0) is 41.8 Å². The van der Waals surface area contributed by atoms with Crippen LogP contribution >= 0.6 is 0 Å². The lowest BCUT2D eigenvalue weighted by molar-refractivity contribution is 0.628. The highest BCUT2D eigenvalue weighted by atomic mass is 19.1. The van der Waals surface area contributed by atoms with Crippen molar-refractivity contribution < 1.29 is 4.39 Å². The van der Waals surface area contributed by atoms with E-state index in [1.807, 2.05) is 19.3 Å². The molecule has 3 heteroatoms.